The van der Waals surface area contributed by atoms with Gasteiger partial charge in [0.15, 0.2) is 0 Å². The number of hydrogen-bond acceptors (Lipinski definition) is 4. The van der Waals surface area contributed by atoms with E-state index in [0.29, 0.717) is 35.4 Å². The Morgan fingerprint density at radius 1 is 0.971 bits per heavy atom. The average Bonchev–Trinajstić information content (AvgIpc) is 3.17. The van der Waals surface area contributed by atoms with Crippen molar-refractivity contribution in [3.8, 4) is 16.9 Å². The van der Waals surface area contributed by atoms with Crippen LogP contribution >= 0.6 is 0 Å². The van der Waals surface area contributed by atoms with Crippen molar-refractivity contribution in [2.45, 2.75) is 25.1 Å². The second-order valence-electron chi connectivity index (χ2n) is 8.42. The summed E-state index contributed by atoms with van der Waals surface area (Å²) in [5.41, 5.74) is 2.82. The average molecular weight is 505 g/mol. The van der Waals surface area contributed by atoms with Crippen LogP contribution in [0.25, 0.3) is 11.1 Å². The Balaban J connectivity index is 1.59. The van der Waals surface area contributed by atoms with Crippen LogP contribution in [-0.4, -0.2) is 33.7 Å². The van der Waals surface area contributed by atoms with Crippen LogP contribution in [0.15, 0.2) is 60.7 Å². The number of benzene rings is 3. The maximum atomic E-state index is 13.2. The molecule has 3 aromatic carbocycles. The second kappa shape index (κ2) is 9.35. The van der Waals surface area contributed by atoms with E-state index in [1.807, 2.05) is 6.07 Å². The molecule has 0 heterocycles. The van der Waals surface area contributed by atoms with Crippen molar-refractivity contribution in [3.05, 3.63) is 82.9 Å². The molecule has 0 saturated heterocycles. The van der Waals surface area contributed by atoms with E-state index in [2.05, 4.69) is 10.0 Å². The van der Waals surface area contributed by atoms with Gasteiger partial charge in [-0.3, -0.25) is 4.79 Å². The number of rotatable bonds is 6. The van der Waals surface area contributed by atoms with Crippen LogP contribution < -0.4 is 14.8 Å². The molecule has 0 aliphatic heterocycles. The first-order chi connectivity index (χ1) is 16.4. The number of halogens is 3. The number of anilines is 1. The molecule has 0 saturated carbocycles. The van der Waals surface area contributed by atoms with Crippen LogP contribution in [-0.2, 0) is 29.0 Å². The molecule has 1 aliphatic rings. The molecule has 1 atom stereocenters. The highest BCUT2D eigenvalue weighted by Crippen LogP contribution is 2.33. The standard InChI is InChI=1S/C25H23F3N2O4S/c1-34-21-9-10-22(15-3-6-18(7-4-15)25(26,27)28)23(14-21)24(31)29-19-8-5-16-11-20(13-17(16)12-19)30-35(2,32)33/h3-10,12,14,20,30H,11,13H2,1-2H3,(H,29,31). The topological polar surface area (TPSA) is 84.5 Å². The first kappa shape index (κ1) is 24.7. The largest absolute Gasteiger partial charge is 0.497 e. The maximum Gasteiger partial charge on any atom is 0.416 e. The second-order valence-corrected chi connectivity index (χ2v) is 10.2. The third kappa shape index (κ3) is 5.83. The number of nitrogens with one attached hydrogen (secondary N) is 2. The summed E-state index contributed by atoms with van der Waals surface area (Å²) in [7, 11) is -1.88. The van der Waals surface area contributed by atoms with E-state index in [1.165, 1.54) is 25.3 Å². The van der Waals surface area contributed by atoms with Gasteiger partial charge in [0.1, 0.15) is 5.75 Å². The van der Waals surface area contributed by atoms with Crippen molar-refractivity contribution in [2.75, 3.05) is 18.7 Å². The third-order valence-electron chi connectivity index (χ3n) is 5.77. The minimum atomic E-state index is -4.46. The van der Waals surface area contributed by atoms with E-state index in [4.69, 9.17) is 4.74 Å². The summed E-state index contributed by atoms with van der Waals surface area (Å²) in [6.45, 7) is 0. The van der Waals surface area contributed by atoms with Crippen LogP contribution in [0.5, 0.6) is 5.75 Å². The highest BCUT2D eigenvalue weighted by molar-refractivity contribution is 7.88. The zero-order valence-corrected chi connectivity index (χ0v) is 19.8. The number of sulfonamides is 1. The molecule has 0 aromatic heterocycles. The fourth-order valence-electron chi connectivity index (χ4n) is 4.21. The van der Waals surface area contributed by atoms with Gasteiger partial charge in [-0.1, -0.05) is 18.2 Å². The molecule has 0 radical (unpaired) electrons. The van der Waals surface area contributed by atoms with E-state index in [9.17, 15) is 26.4 Å². The Labute approximate surface area is 201 Å². The molecule has 184 valence electrons. The van der Waals surface area contributed by atoms with E-state index < -0.39 is 27.7 Å². The molecule has 35 heavy (non-hydrogen) atoms. The van der Waals surface area contributed by atoms with Gasteiger partial charge in [0, 0.05) is 11.7 Å². The molecular formula is C25H23F3N2O4S. The maximum absolute atomic E-state index is 13.2. The van der Waals surface area contributed by atoms with Gasteiger partial charge < -0.3 is 10.1 Å². The van der Waals surface area contributed by atoms with Crippen molar-refractivity contribution < 1.29 is 31.1 Å². The predicted molar refractivity (Wildman–Crippen MR) is 127 cm³/mol. The van der Waals surface area contributed by atoms with Crippen molar-refractivity contribution in [1.82, 2.24) is 4.72 Å². The van der Waals surface area contributed by atoms with Crippen LogP contribution in [0.4, 0.5) is 18.9 Å². The van der Waals surface area contributed by atoms with Gasteiger partial charge in [-0.2, -0.15) is 13.2 Å². The zero-order valence-electron chi connectivity index (χ0n) is 18.9. The van der Waals surface area contributed by atoms with Crippen molar-refractivity contribution >= 4 is 21.6 Å². The summed E-state index contributed by atoms with van der Waals surface area (Å²) < 4.78 is 69.8. The van der Waals surface area contributed by atoms with Gasteiger partial charge in [0.25, 0.3) is 5.91 Å². The molecule has 6 nitrogen and oxygen atoms in total. The number of methoxy groups -OCH3 is 1. The number of ether oxygens (including phenoxy) is 1. The smallest absolute Gasteiger partial charge is 0.416 e. The SMILES string of the molecule is COc1ccc(-c2ccc(C(F)(F)F)cc2)c(C(=O)Nc2ccc3c(c2)CC(NS(C)(=O)=O)C3)c1. The Hall–Kier alpha value is -3.37. The lowest BCUT2D eigenvalue weighted by Gasteiger charge is -2.14. The number of carbonyl (C=O) groups excluding carboxylic acids is 1. The molecule has 0 spiro atoms. The summed E-state index contributed by atoms with van der Waals surface area (Å²) in [4.78, 5) is 13.2. The molecule has 2 N–H and O–H groups in total. The molecule has 1 unspecified atom stereocenters. The highest BCUT2D eigenvalue weighted by Gasteiger charge is 2.30. The van der Waals surface area contributed by atoms with Crippen LogP contribution in [0.1, 0.15) is 27.0 Å². The number of amides is 1. The van der Waals surface area contributed by atoms with Crippen LogP contribution in [0, 0.1) is 0 Å². The summed E-state index contributed by atoms with van der Waals surface area (Å²) in [5, 5.41) is 2.83. The molecule has 0 fully saturated rings. The summed E-state index contributed by atoms with van der Waals surface area (Å²) in [5.74, 6) is -0.0305. The molecule has 1 amide bonds. The zero-order chi connectivity index (χ0) is 25.4. The normalized spacial score (nSPS) is 15.5. The summed E-state index contributed by atoms with van der Waals surface area (Å²) in [6.07, 6.45) is -2.28. The van der Waals surface area contributed by atoms with Crippen molar-refractivity contribution in [1.29, 1.82) is 0 Å². The number of carbonyl (C=O) groups is 1. The monoisotopic (exact) mass is 504 g/mol. The number of alkyl halides is 3. The summed E-state index contributed by atoms with van der Waals surface area (Å²) >= 11 is 0. The number of fused-ring (bicyclic) bond motifs is 1. The lowest BCUT2D eigenvalue weighted by Crippen LogP contribution is -2.34. The Bertz CT molecular complexity index is 1370. The Morgan fingerprint density at radius 3 is 2.29 bits per heavy atom. The van der Waals surface area contributed by atoms with E-state index >= 15 is 0 Å². The molecule has 0 bridgehead atoms. The van der Waals surface area contributed by atoms with Crippen LogP contribution in [0.2, 0.25) is 0 Å². The van der Waals surface area contributed by atoms with E-state index in [-0.39, 0.29) is 11.6 Å². The van der Waals surface area contributed by atoms with Crippen LogP contribution in [0.3, 0.4) is 0 Å². The minimum Gasteiger partial charge on any atom is -0.497 e. The fraction of sp³-hybridized carbons (Fsp3) is 0.240. The van der Waals surface area contributed by atoms with Gasteiger partial charge in [0.2, 0.25) is 10.0 Å². The van der Waals surface area contributed by atoms with E-state index in [0.717, 1.165) is 29.5 Å². The molecule has 1 aliphatic carbocycles. The molecule has 10 heteroatoms. The quantitative estimate of drug-likeness (QED) is 0.512. The van der Waals surface area contributed by atoms with Gasteiger partial charge in [-0.05, 0) is 77.6 Å². The minimum absolute atomic E-state index is 0.237. The molecule has 3 aromatic rings. The van der Waals surface area contributed by atoms with Gasteiger partial charge in [-0.15, -0.1) is 0 Å². The van der Waals surface area contributed by atoms with Gasteiger partial charge >= 0.3 is 6.18 Å². The van der Waals surface area contributed by atoms with Gasteiger partial charge in [-0.25, -0.2) is 13.1 Å². The predicted octanol–water partition coefficient (Wildman–Crippen LogP) is 4.65. The van der Waals surface area contributed by atoms with Crippen molar-refractivity contribution in [3.63, 3.8) is 0 Å². The fourth-order valence-corrected chi connectivity index (χ4v) is 4.98. The lowest BCUT2D eigenvalue weighted by atomic mass is 9.97. The molecule has 4 rings (SSSR count). The number of hydrogen-bond donors (Lipinski definition) is 2. The lowest BCUT2D eigenvalue weighted by molar-refractivity contribution is -0.137. The third-order valence-corrected chi connectivity index (χ3v) is 6.53. The molecular weight excluding hydrogens is 481 g/mol. The van der Waals surface area contributed by atoms with Crippen molar-refractivity contribution in [2.24, 2.45) is 0 Å². The first-order valence-electron chi connectivity index (χ1n) is 10.7. The Morgan fingerprint density at radius 2 is 1.66 bits per heavy atom. The van der Waals surface area contributed by atoms with E-state index in [1.54, 1.807) is 24.3 Å². The first-order valence-corrected chi connectivity index (χ1v) is 12.6. The highest BCUT2D eigenvalue weighted by atomic mass is 32.2. The van der Waals surface area contributed by atoms with Gasteiger partial charge in [0.05, 0.1) is 24.5 Å². The summed E-state index contributed by atoms with van der Waals surface area (Å²) in [6, 6.07) is 14.5. The Kier molecular flexibility index (Phi) is 6.61.